The number of carbonyl (C=O) groups is 1. The van der Waals surface area contributed by atoms with Crippen LogP contribution in [0.2, 0.25) is 0 Å². The van der Waals surface area contributed by atoms with Gasteiger partial charge in [0.2, 0.25) is 5.91 Å². The number of nitrogens with two attached hydrogens (primary N) is 1. The molecule has 0 bridgehead atoms. The quantitative estimate of drug-likeness (QED) is 0.853. The highest BCUT2D eigenvalue weighted by Gasteiger charge is 2.35. The van der Waals surface area contributed by atoms with Crippen molar-refractivity contribution in [3.63, 3.8) is 0 Å². The molecule has 7 heteroatoms. The molecule has 0 aromatic heterocycles. The number of nitrogens with zero attached hydrogens (tertiary/aromatic N) is 1. The lowest BCUT2D eigenvalue weighted by molar-refractivity contribution is -0.139. The van der Waals surface area contributed by atoms with Gasteiger partial charge in [-0.15, -0.1) is 12.4 Å². The normalized spacial score (nSPS) is 18.4. The molecule has 3 nitrogen and oxygen atoms in total. The fourth-order valence-electron chi connectivity index (χ4n) is 3.36. The third kappa shape index (κ3) is 5.61. The van der Waals surface area contributed by atoms with Crippen LogP contribution >= 0.6 is 12.4 Å². The predicted molar refractivity (Wildman–Crippen MR) is 94.7 cm³/mol. The van der Waals surface area contributed by atoms with Gasteiger partial charge in [0.15, 0.2) is 0 Å². The van der Waals surface area contributed by atoms with E-state index in [0.717, 1.165) is 18.9 Å². The topological polar surface area (TPSA) is 46.3 Å². The molecule has 0 spiro atoms. The standard InChI is InChI=1S/C18H25F3N2O.ClH/c1-12(15-5-3-4-6-16(15)18(19,20)21)11-17(24)23-9-7-14(8-10-23)13(2)22;/h3-6,12-14H,7-11,22H2,1-2H3;1H. The molecule has 142 valence electrons. The summed E-state index contributed by atoms with van der Waals surface area (Å²) in [5.74, 6) is -0.137. The summed E-state index contributed by atoms with van der Waals surface area (Å²) in [6, 6.07) is 5.60. The molecule has 1 aromatic rings. The molecule has 2 N–H and O–H groups in total. The largest absolute Gasteiger partial charge is 0.416 e. The minimum atomic E-state index is -4.40. The van der Waals surface area contributed by atoms with Crippen molar-refractivity contribution >= 4 is 18.3 Å². The molecule has 1 aliphatic rings. The third-order valence-corrected chi connectivity index (χ3v) is 4.91. The number of benzene rings is 1. The zero-order chi connectivity index (χ0) is 17.9. The molecule has 2 unspecified atom stereocenters. The van der Waals surface area contributed by atoms with Crippen LogP contribution in [-0.2, 0) is 11.0 Å². The van der Waals surface area contributed by atoms with E-state index in [4.69, 9.17) is 5.73 Å². The summed E-state index contributed by atoms with van der Waals surface area (Å²) in [6.45, 7) is 4.92. The minimum Gasteiger partial charge on any atom is -0.343 e. The van der Waals surface area contributed by atoms with E-state index >= 15 is 0 Å². The Balaban J connectivity index is 0.00000312. The lowest BCUT2D eigenvalue weighted by atomic mass is 9.89. The zero-order valence-corrected chi connectivity index (χ0v) is 15.4. The van der Waals surface area contributed by atoms with E-state index in [2.05, 4.69) is 0 Å². The molecule has 0 saturated carbocycles. The number of hydrogen-bond donors (Lipinski definition) is 1. The highest BCUT2D eigenvalue weighted by Crippen LogP contribution is 2.36. The van der Waals surface area contributed by atoms with E-state index in [1.54, 1.807) is 17.9 Å². The van der Waals surface area contributed by atoms with Crippen LogP contribution in [-0.4, -0.2) is 29.9 Å². The van der Waals surface area contributed by atoms with Crippen molar-refractivity contribution in [1.29, 1.82) is 0 Å². The fraction of sp³-hybridized carbons (Fsp3) is 0.611. The monoisotopic (exact) mass is 378 g/mol. The van der Waals surface area contributed by atoms with Gasteiger partial charge in [0.25, 0.3) is 0 Å². The Morgan fingerprint density at radius 2 is 1.80 bits per heavy atom. The van der Waals surface area contributed by atoms with Gasteiger partial charge in [-0.2, -0.15) is 13.2 Å². The molecule has 1 fully saturated rings. The minimum absolute atomic E-state index is 0. The molecular formula is C18H26ClF3N2O. The molecule has 2 atom stereocenters. The Labute approximate surface area is 153 Å². The summed E-state index contributed by atoms with van der Waals surface area (Å²) in [7, 11) is 0. The lowest BCUT2D eigenvalue weighted by Gasteiger charge is -2.34. The van der Waals surface area contributed by atoms with E-state index in [9.17, 15) is 18.0 Å². The summed E-state index contributed by atoms with van der Waals surface area (Å²) in [4.78, 5) is 14.2. The number of carbonyl (C=O) groups excluding carboxylic acids is 1. The highest BCUT2D eigenvalue weighted by molar-refractivity contribution is 5.85. The lowest BCUT2D eigenvalue weighted by Crippen LogP contribution is -2.42. The van der Waals surface area contributed by atoms with Gasteiger partial charge in [-0.25, -0.2) is 0 Å². The third-order valence-electron chi connectivity index (χ3n) is 4.91. The Kier molecular flexibility index (Phi) is 7.75. The molecule has 2 rings (SSSR count). The number of alkyl halides is 3. The first-order valence-electron chi connectivity index (χ1n) is 8.39. The van der Waals surface area contributed by atoms with Gasteiger partial charge in [-0.05, 0) is 43.2 Å². The van der Waals surface area contributed by atoms with Gasteiger partial charge in [-0.3, -0.25) is 4.79 Å². The average Bonchev–Trinajstić information content (AvgIpc) is 2.54. The first-order valence-corrected chi connectivity index (χ1v) is 8.39. The summed E-state index contributed by atoms with van der Waals surface area (Å²) < 4.78 is 39.3. The predicted octanol–water partition coefficient (Wildman–Crippen LogP) is 4.21. The maximum absolute atomic E-state index is 13.1. The van der Waals surface area contributed by atoms with E-state index in [-0.39, 0.29) is 36.3 Å². The van der Waals surface area contributed by atoms with Gasteiger partial charge in [-0.1, -0.05) is 25.1 Å². The van der Waals surface area contributed by atoms with Crippen LogP contribution in [0, 0.1) is 5.92 Å². The molecule has 1 aromatic carbocycles. The molecule has 25 heavy (non-hydrogen) atoms. The van der Waals surface area contributed by atoms with E-state index in [1.807, 2.05) is 6.92 Å². The molecule has 0 radical (unpaired) electrons. The van der Waals surface area contributed by atoms with Crippen LogP contribution in [0.4, 0.5) is 13.2 Å². The van der Waals surface area contributed by atoms with Crippen LogP contribution in [0.5, 0.6) is 0 Å². The van der Waals surface area contributed by atoms with Gasteiger partial charge in [0, 0.05) is 25.6 Å². The summed E-state index contributed by atoms with van der Waals surface area (Å²) >= 11 is 0. The van der Waals surface area contributed by atoms with Crippen LogP contribution in [0.3, 0.4) is 0 Å². The summed E-state index contributed by atoms with van der Waals surface area (Å²) in [6.07, 6.45) is -2.59. The van der Waals surface area contributed by atoms with Gasteiger partial charge < -0.3 is 10.6 Å². The number of likely N-dealkylation sites (tertiary alicyclic amines) is 1. The van der Waals surface area contributed by atoms with Gasteiger partial charge in [0.1, 0.15) is 0 Å². The van der Waals surface area contributed by atoms with Crippen molar-refractivity contribution in [1.82, 2.24) is 4.90 Å². The van der Waals surface area contributed by atoms with Crippen molar-refractivity contribution in [2.45, 2.75) is 51.2 Å². The number of hydrogen-bond acceptors (Lipinski definition) is 2. The van der Waals surface area contributed by atoms with Crippen LogP contribution in [0.15, 0.2) is 24.3 Å². The Bertz CT molecular complexity index is 570. The van der Waals surface area contributed by atoms with E-state index in [1.165, 1.54) is 12.1 Å². The first kappa shape index (κ1) is 21.8. The Morgan fingerprint density at radius 3 is 2.32 bits per heavy atom. The second-order valence-corrected chi connectivity index (χ2v) is 6.77. The smallest absolute Gasteiger partial charge is 0.343 e. The van der Waals surface area contributed by atoms with Crippen molar-refractivity contribution < 1.29 is 18.0 Å². The second-order valence-electron chi connectivity index (χ2n) is 6.77. The number of piperidine rings is 1. The summed E-state index contributed by atoms with van der Waals surface area (Å²) in [5, 5.41) is 0. The van der Waals surface area contributed by atoms with Crippen molar-refractivity contribution in [2.75, 3.05) is 13.1 Å². The van der Waals surface area contributed by atoms with Crippen molar-refractivity contribution in [3.8, 4) is 0 Å². The van der Waals surface area contributed by atoms with Crippen molar-refractivity contribution in [3.05, 3.63) is 35.4 Å². The maximum Gasteiger partial charge on any atom is 0.416 e. The van der Waals surface area contributed by atoms with E-state index < -0.39 is 17.7 Å². The molecule has 0 aliphatic carbocycles. The Hall–Kier alpha value is -1.27. The van der Waals surface area contributed by atoms with Crippen LogP contribution in [0.25, 0.3) is 0 Å². The van der Waals surface area contributed by atoms with Gasteiger partial charge in [0.05, 0.1) is 5.56 Å². The first-order chi connectivity index (χ1) is 11.2. The number of halogens is 4. The molecule has 1 heterocycles. The van der Waals surface area contributed by atoms with Crippen molar-refractivity contribution in [2.24, 2.45) is 11.7 Å². The molecule has 1 aliphatic heterocycles. The highest BCUT2D eigenvalue weighted by atomic mass is 35.5. The fourth-order valence-corrected chi connectivity index (χ4v) is 3.36. The van der Waals surface area contributed by atoms with Crippen LogP contribution in [0.1, 0.15) is 50.2 Å². The maximum atomic E-state index is 13.1. The average molecular weight is 379 g/mol. The number of amides is 1. The molecule has 1 amide bonds. The second kappa shape index (κ2) is 8.90. The summed E-state index contributed by atoms with van der Waals surface area (Å²) in [5.41, 5.74) is 5.43. The number of rotatable bonds is 4. The molecular weight excluding hydrogens is 353 g/mol. The zero-order valence-electron chi connectivity index (χ0n) is 14.6. The Morgan fingerprint density at radius 1 is 1.24 bits per heavy atom. The van der Waals surface area contributed by atoms with Crippen LogP contribution < -0.4 is 5.73 Å². The molecule has 1 saturated heterocycles. The van der Waals surface area contributed by atoms with Gasteiger partial charge >= 0.3 is 6.18 Å². The SMILES string of the molecule is CC(CC(=O)N1CCC(C(C)N)CC1)c1ccccc1C(F)(F)F.Cl. The van der Waals surface area contributed by atoms with E-state index in [0.29, 0.717) is 19.0 Å².